The van der Waals surface area contributed by atoms with Gasteiger partial charge in [-0.15, -0.1) is 0 Å². The van der Waals surface area contributed by atoms with Crippen LogP contribution in [0.2, 0.25) is 0 Å². The Labute approximate surface area is 131 Å². The summed E-state index contributed by atoms with van der Waals surface area (Å²) in [4.78, 5) is 4.29. The van der Waals surface area contributed by atoms with Crippen LogP contribution in [0.25, 0.3) is 0 Å². The summed E-state index contributed by atoms with van der Waals surface area (Å²) in [7, 11) is -1.26. The Hall–Kier alpha value is -1.60. The number of sulfone groups is 1. The van der Waals surface area contributed by atoms with Crippen LogP contribution in [0.15, 0.2) is 29.3 Å². The number of hydrogen-bond donors (Lipinski definition) is 2. The van der Waals surface area contributed by atoms with Gasteiger partial charge in [0.05, 0.1) is 18.1 Å². The minimum Gasteiger partial charge on any atom is -0.380 e. The number of ether oxygens (including phenoxy) is 1. The highest BCUT2D eigenvalue weighted by atomic mass is 32.2. The van der Waals surface area contributed by atoms with Gasteiger partial charge in [-0.05, 0) is 24.8 Å². The summed E-state index contributed by atoms with van der Waals surface area (Å²) in [5.74, 6) is 0.870. The molecule has 1 heterocycles. The fourth-order valence-corrected chi connectivity index (χ4v) is 4.35. The second-order valence-corrected chi connectivity index (χ2v) is 7.79. The third-order valence-electron chi connectivity index (χ3n) is 3.66. The first-order valence-corrected chi connectivity index (χ1v) is 9.16. The zero-order valence-electron chi connectivity index (χ0n) is 12.8. The Morgan fingerprint density at radius 1 is 1.45 bits per heavy atom. The van der Waals surface area contributed by atoms with Gasteiger partial charge in [-0.1, -0.05) is 18.2 Å². The maximum absolute atomic E-state index is 11.6. The molecule has 1 aliphatic heterocycles. The second kappa shape index (κ2) is 7.60. The van der Waals surface area contributed by atoms with Gasteiger partial charge in [0.1, 0.15) is 0 Å². The van der Waals surface area contributed by atoms with Crippen molar-refractivity contribution < 1.29 is 13.2 Å². The van der Waals surface area contributed by atoms with Gasteiger partial charge in [0.25, 0.3) is 0 Å². The van der Waals surface area contributed by atoms with Gasteiger partial charge < -0.3 is 15.8 Å². The number of rotatable bonds is 5. The fourth-order valence-electron chi connectivity index (χ4n) is 2.59. The highest BCUT2D eigenvalue weighted by Crippen LogP contribution is 2.19. The van der Waals surface area contributed by atoms with Crippen LogP contribution in [0.3, 0.4) is 0 Å². The molecule has 122 valence electrons. The zero-order chi connectivity index (χ0) is 16.0. The molecule has 1 aliphatic rings. The molecule has 0 aliphatic carbocycles. The number of hydrogen-bond acceptors (Lipinski definition) is 4. The molecule has 2 rings (SSSR count). The molecular weight excluding hydrogens is 302 g/mol. The van der Waals surface area contributed by atoms with E-state index in [9.17, 15) is 8.42 Å². The van der Waals surface area contributed by atoms with E-state index in [0.29, 0.717) is 31.3 Å². The minimum absolute atomic E-state index is 0.0633. The minimum atomic E-state index is -2.90. The van der Waals surface area contributed by atoms with Crippen LogP contribution in [0.1, 0.15) is 18.4 Å². The summed E-state index contributed by atoms with van der Waals surface area (Å²) in [5, 5.41) is 3.05. The third kappa shape index (κ3) is 4.99. The third-order valence-corrected chi connectivity index (χ3v) is 5.55. The van der Waals surface area contributed by atoms with Gasteiger partial charge in [-0.2, -0.15) is 0 Å². The lowest BCUT2D eigenvalue weighted by molar-refractivity contribution is 0.185. The first-order valence-electron chi connectivity index (χ1n) is 7.34. The van der Waals surface area contributed by atoms with E-state index in [2.05, 4.69) is 10.3 Å². The molecule has 0 aromatic heterocycles. The molecule has 1 saturated heterocycles. The smallest absolute Gasteiger partial charge is 0.193 e. The molecule has 1 fully saturated rings. The highest BCUT2D eigenvalue weighted by Gasteiger charge is 2.24. The van der Waals surface area contributed by atoms with Crippen molar-refractivity contribution in [2.45, 2.75) is 19.4 Å². The molecule has 3 N–H and O–H groups in total. The molecule has 0 bridgehead atoms. The number of nitrogens with one attached hydrogen (secondary N) is 1. The van der Waals surface area contributed by atoms with Crippen LogP contribution in [0, 0.1) is 5.92 Å². The largest absolute Gasteiger partial charge is 0.380 e. The summed E-state index contributed by atoms with van der Waals surface area (Å²) in [6, 6.07) is 7.69. The lowest BCUT2D eigenvalue weighted by atomic mass is 10.1. The van der Waals surface area contributed by atoms with Crippen molar-refractivity contribution in [1.29, 1.82) is 0 Å². The van der Waals surface area contributed by atoms with Crippen LogP contribution >= 0.6 is 0 Å². The Morgan fingerprint density at radius 3 is 2.95 bits per heavy atom. The van der Waals surface area contributed by atoms with E-state index in [1.54, 1.807) is 7.11 Å². The molecule has 1 atom stereocenters. The molecule has 1 aromatic carbocycles. The molecule has 0 saturated carbocycles. The average molecular weight is 325 g/mol. The zero-order valence-corrected chi connectivity index (χ0v) is 13.6. The Kier molecular flexibility index (Phi) is 5.79. The number of anilines is 1. The van der Waals surface area contributed by atoms with Gasteiger partial charge in [-0.25, -0.2) is 8.42 Å². The van der Waals surface area contributed by atoms with E-state index < -0.39 is 9.84 Å². The fraction of sp³-hybridized carbons (Fsp3) is 0.533. The first kappa shape index (κ1) is 16.8. The van der Waals surface area contributed by atoms with E-state index in [4.69, 9.17) is 10.5 Å². The van der Waals surface area contributed by atoms with Crippen LogP contribution in [0.4, 0.5) is 5.69 Å². The monoisotopic (exact) mass is 325 g/mol. The van der Waals surface area contributed by atoms with E-state index in [-0.39, 0.29) is 11.7 Å². The molecule has 7 heteroatoms. The predicted octanol–water partition coefficient (Wildman–Crippen LogP) is 1.38. The van der Waals surface area contributed by atoms with Crippen molar-refractivity contribution in [3.63, 3.8) is 0 Å². The highest BCUT2D eigenvalue weighted by molar-refractivity contribution is 7.91. The van der Waals surface area contributed by atoms with Crippen LogP contribution < -0.4 is 11.1 Å². The van der Waals surface area contributed by atoms with Crippen LogP contribution in [-0.4, -0.2) is 39.5 Å². The van der Waals surface area contributed by atoms with Crippen molar-refractivity contribution >= 4 is 21.5 Å². The summed E-state index contributed by atoms with van der Waals surface area (Å²) in [6.07, 6.45) is 1.60. The number of guanidine groups is 1. The maximum atomic E-state index is 11.6. The lowest BCUT2D eigenvalue weighted by Crippen LogP contribution is -2.29. The average Bonchev–Trinajstić information content (AvgIpc) is 2.46. The second-order valence-electron chi connectivity index (χ2n) is 5.56. The van der Waals surface area contributed by atoms with Gasteiger partial charge in [0, 0.05) is 24.9 Å². The van der Waals surface area contributed by atoms with E-state index >= 15 is 0 Å². The Morgan fingerprint density at radius 2 is 2.23 bits per heavy atom. The van der Waals surface area contributed by atoms with Crippen molar-refractivity contribution in [3.8, 4) is 0 Å². The molecule has 22 heavy (non-hydrogen) atoms. The number of para-hydroxylation sites is 1. The number of benzene rings is 1. The van der Waals surface area contributed by atoms with Crippen molar-refractivity contribution in [3.05, 3.63) is 29.8 Å². The molecule has 6 nitrogen and oxygen atoms in total. The molecular formula is C15H23N3O3S. The molecule has 1 unspecified atom stereocenters. The predicted molar refractivity (Wildman–Crippen MR) is 88.6 cm³/mol. The van der Waals surface area contributed by atoms with Crippen molar-refractivity contribution in [2.75, 3.05) is 30.5 Å². The topological polar surface area (TPSA) is 93.8 Å². The molecule has 0 radical (unpaired) electrons. The van der Waals surface area contributed by atoms with Crippen molar-refractivity contribution in [2.24, 2.45) is 16.6 Å². The summed E-state index contributed by atoms with van der Waals surface area (Å²) in [6.45, 7) is 0.918. The molecule has 0 spiro atoms. The van der Waals surface area contributed by atoms with E-state index in [1.165, 1.54) is 0 Å². The van der Waals surface area contributed by atoms with Crippen LogP contribution in [0.5, 0.6) is 0 Å². The molecule has 0 amide bonds. The number of nitrogens with two attached hydrogens (primary N) is 1. The van der Waals surface area contributed by atoms with Gasteiger partial charge >= 0.3 is 0 Å². The first-order chi connectivity index (χ1) is 10.5. The summed E-state index contributed by atoms with van der Waals surface area (Å²) < 4.78 is 28.3. The SMILES string of the molecule is COCc1ccccc1NC(N)=NCC1CCCS(=O)(=O)C1. The number of aliphatic imine (C=N–C) groups is 1. The maximum Gasteiger partial charge on any atom is 0.193 e. The quantitative estimate of drug-likeness (QED) is 0.630. The summed E-state index contributed by atoms with van der Waals surface area (Å²) >= 11 is 0. The van der Waals surface area contributed by atoms with E-state index in [1.807, 2.05) is 24.3 Å². The number of methoxy groups -OCH3 is 1. The normalized spacial score (nSPS) is 21.5. The molecule has 1 aromatic rings. The Balaban J connectivity index is 1.95. The Bertz CT molecular complexity index is 629. The lowest BCUT2D eigenvalue weighted by Gasteiger charge is -2.20. The standard InChI is InChI=1S/C15H23N3O3S/c1-21-10-13-6-2-3-7-14(13)18-15(16)17-9-12-5-4-8-22(19,20)11-12/h2-3,6-7,12H,4-5,8-11H2,1H3,(H3,16,17,18). The van der Waals surface area contributed by atoms with Gasteiger partial charge in [-0.3, -0.25) is 4.99 Å². The van der Waals surface area contributed by atoms with Crippen molar-refractivity contribution in [1.82, 2.24) is 0 Å². The van der Waals surface area contributed by atoms with Crippen LogP contribution in [-0.2, 0) is 21.2 Å². The van der Waals surface area contributed by atoms with Gasteiger partial charge in [0.2, 0.25) is 0 Å². The summed E-state index contributed by atoms with van der Waals surface area (Å²) in [5.41, 5.74) is 7.74. The van der Waals surface area contributed by atoms with E-state index in [0.717, 1.165) is 17.7 Å². The van der Waals surface area contributed by atoms with Gasteiger partial charge in [0.15, 0.2) is 15.8 Å². The number of nitrogens with zero attached hydrogens (tertiary/aromatic N) is 1.